The molecular weight excluding hydrogens is 383 g/mol. The highest BCUT2D eigenvalue weighted by Gasteiger charge is 2.11. The van der Waals surface area contributed by atoms with Gasteiger partial charge in [-0.3, -0.25) is 4.79 Å². The molecule has 0 radical (unpaired) electrons. The van der Waals surface area contributed by atoms with Gasteiger partial charge >= 0.3 is 5.97 Å². The largest absolute Gasteiger partial charge is 0.423 e. The maximum Gasteiger partial charge on any atom is 0.343 e. The predicted octanol–water partition coefficient (Wildman–Crippen LogP) is 5.07. The third-order valence-electron chi connectivity index (χ3n) is 4.08. The fourth-order valence-electron chi connectivity index (χ4n) is 2.78. The summed E-state index contributed by atoms with van der Waals surface area (Å²) in [4.78, 5) is 23.6. The number of nitriles is 1. The van der Waals surface area contributed by atoms with Gasteiger partial charge in [0.05, 0.1) is 17.2 Å². The fourth-order valence-corrected chi connectivity index (χ4v) is 2.78. The van der Waals surface area contributed by atoms with Crippen LogP contribution in [0.15, 0.2) is 72.8 Å². The molecule has 3 aromatic carbocycles. The molecule has 30 heavy (non-hydrogen) atoms. The van der Waals surface area contributed by atoms with Crippen LogP contribution in [0.25, 0.3) is 11.6 Å². The van der Waals surface area contributed by atoms with Crippen molar-refractivity contribution in [2.24, 2.45) is 0 Å². The number of benzene rings is 3. The fraction of sp³-hybridized carbons (Fsp3) is 0.0417. The first kappa shape index (κ1) is 20.5. The van der Waals surface area contributed by atoms with Gasteiger partial charge in [-0.2, -0.15) is 5.26 Å². The molecule has 3 rings (SSSR count). The molecule has 3 aromatic rings. The standard InChI is InChI=1S/C24H17FN2O3/c1-16(28)27-20-8-5-7-18(14-20)24(29)30-21-9-4-6-17(13-21)12-19(15-26)22-10-2-3-11-23(22)25/h2-14H,1H3,(H,27,28)/b19-12-. The lowest BCUT2D eigenvalue weighted by Crippen LogP contribution is -2.10. The molecule has 148 valence electrons. The maximum atomic E-state index is 14.0. The van der Waals surface area contributed by atoms with E-state index in [9.17, 15) is 19.2 Å². The lowest BCUT2D eigenvalue weighted by atomic mass is 10.0. The molecule has 5 nitrogen and oxygen atoms in total. The van der Waals surface area contributed by atoms with E-state index >= 15 is 0 Å². The van der Waals surface area contributed by atoms with Crippen LogP contribution in [0.2, 0.25) is 0 Å². The summed E-state index contributed by atoms with van der Waals surface area (Å²) < 4.78 is 19.4. The van der Waals surface area contributed by atoms with E-state index in [0.29, 0.717) is 11.3 Å². The van der Waals surface area contributed by atoms with Gasteiger partial charge in [-0.25, -0.2) is 9.18 Å². The molecule has 0 aliphatic carbocycles. The van der Waals surface area contributed by atoms with Gasteiger partial charge in [0.15, 0.2) is 0 Å². The summed E-state index contributed by atoms with van der Waals surface area (Å²) in [5, 5.41) is 12.0. The van der Waals surface area contributed by atoms with Crippen molar-refractivity contribution in [1.82, 2.24) is 0 Å². The normalized spacial score (nSPS) is 10.8. The van der Waals surface area contributed by atoms with E-state index in [2.05, 4.69) is 5.32 Å². The van der Waals surface area contributed by atoms with Crippen LogP contribution in [0.4, 0.5) is 10.1 Å². The number of allylic oxidation sites excluding steroid dienone is 1. The first-order chi connectivity index (χ1) is 14.5. The molecule has 0 heterocycles. The van der Waals surface area contributed by atoms with Crippen LogP contribution >= 0.6 is 0 Å². The Labute approximate surface area is 173 Å². The van der Waals surface area contributed by atoms with Crippen molar-refractivity contribution in [3.63, 3.8) is 0 Å². The van der Waals surface area contributed by atoms with Gasteiger partial charge in [0.1, 0.15) is 11.6 Å². The predicted molar refractivity (Wildman–Crippen MR) is 112 cm³/mol. The van der Waals surface area contributed by atoms with E-state index in [-0.39, 0.29) is 28.4 Å². The van der Waals surface area contributed by atoms with Gasteiger partial charge in [-0.15, -0.1) is 0 Å². The summed E-state index contributed by atoms with van der Waals surface area (Å²) in [6.07, 6.45) is 1.52. The zero-order chi connectivity index (χ0) is 21.5. The summed E-state index contributed by atoms with van der Waals surface area (Å²) in [6, 6.07) is 20.9. The number of esters is 1. The number of hydrogen-bond donors (Lipinski definition) is 1. The molecule has 6 heteroatoms. The molecule has 0 unspecified atom stereocenters. The number of amides is 1. The minimum Gasteiger partial charge on any atom is -0.423 e. The molecule has 0 spiro atoms. The Bertz CT molecular complexity index is 1180. The number of halogens is 1. The van der Waals surface area contributed by atoms with E-state index in [0.717, 1.165) is 0 Å². The number of carbonyl (C=O) groups is 2. The third-order valence-corrected chi connectivity index (χ3v) is 4.08. The van der Waals surface area contributed by atoms with Crippen LogP contribution in [-0.4, -0.2) is 11.9 Å². The average Bonchev–Trinajstić information content (AvgIpc) is 2.72. The number of rotatable bonds is 5. The molecule has 0 aliphatic rings. The highest BCUT2D eigenvalue weighted by molar-refractivity contribution is 5.95. The monoisotopic (exact) mass is 400 g/mol. The first-order valence-corrected chi connectivity index (χ1v) is 9.03. The number of nitrogens with one attached hydrogen (secondary N) is 1. The Morgan fingerprint density at radius 2 is 1.80 bits per heavy atom. The zero-order valence-corrected chi connectivity index (χ0v) is 16.1. The Morgan fingerprint density at radius 1 is 1.03 bits per heavy atom. The maximum absolute atomic E-state index is 14.0. The third kappa shape index (κ3) is 5.18. The molecule has 0 saturated heterocycles. The summed E-state index contributed by atoms with van der Waals surface area (Å²) in [6.45, 7) is 1.38. The molecular formula is C24H17FN2O3. The van der Waals surface area contributed by atoms with E-state index in [4.69, 9.17) is 4.74 Å². The van der Waals surface area contributed by atoms with Crippen molar-refractivity contribution in [2.75, 3.05) is 5.32 Å². The highest BCUT2D eigenvalue weighted by atomic mass is 19.1. The summed E-state index contributed by atoms with van der Waals surface area (Å²) in [5.41, 5.74) is 1.67. The highest BCUT2D eigenvalue weighted by Crippen LogP contribution is 2.23. The SMILES string of the molecule is CC(=O)Nc1cccc(C(=O)Oc2cccc(/C=C(/C#N)c3ccccc3F)c2)c1. The van der Waals surface area contributed by atoms with Crippen LogP contribution in [0.5, 0.6) is 5.75 Å². The molecule has 0 atom stereocenters. The van der Waals surface area contributed by atoms with Crippen molar-refractivity contribution in [3.05, 3.63) is 95.3 Å². The summed E-state index contributed by atoms with van der Waals surface area (Å²) in [7, 11) is 0. The number of anilines is 1. The van der Waals surface area contributed by atoms with E-state index < -0.39 is 11.8 Å². The summed E-state index contributed by atoms with van der Waals surface area (Å²) >= 11 is 0. The molecule has 0 bridgehead atoms. The van der Waals surface area contributed by atoms with Crippen LogP contribution in [0.1, 0.15) is 28.4 Å². The van der Waals surface area contributed by atoms with Crippen molar-refractivity contribution in [2.45, 2.75) is 6.92 Å². The minimum absolute atomic E-state index is 0.152. The molecule has 0 aromatic heterocycles. The first-order valence-electron chi connectivity index (χ1n) is 9.03. The van der Waals surface area contributed by atoms with Gasteiger partial charge in [-0.05, 0) is 48.0 Å². The van der Waals surface area contributed by atoms with E-state index in [1.165, 1.54) is 31.2 Å². The van der Waals surface area contributed by atoms with E-state index in [1.807, 2.05) is 6.07 Å². The molecule has 1 N–H and O–H groups in total. The van der Waals surface area contributed by atoms with Crippen LogP contribution in [0, 0.1) is 17.1 Å². The Kier molecular flexibility index (Phi) is 6.36. The van der Waals surface area contributed by atoms with Gasteiger partial charge in [-0.1, -0.05) is 36.4 Å². The van der Waals surface area contributed by atoms with Crippen molar-refractivity contribution in [3.8, 4) is 11.8 Å². The second-order valence-electron chi connectivity index (χ2n) is 6.37. The van der Waals surface area contributed by atoms with Crippen molar-refractivity contribution < 1.29 is 18.7 Å². The van der Waals surface area contributed by atoms with Crippen molar-refractivity contribution in [1.29, 1.82) is 5.26 Å². The van der Waals surface area contributed by atoms with Gasteiger partial charge in [0, 0.05) is 18.2 Å². The number of nitrogens with zero attached hydrogens (tertiary/aromatic N) is 1. The van der Waals surface area contributed by atoms with Gasteiger partial charge in [0.25, 0.3) is 0 Å². The molecule has 1 amide bonds. The molecule has 0 fully saturated rings. The Balaban J connectivity index is 1.82. The molecule has 0 saturated carbocycles. The average molecular weight is 400 g/mol. The minimum atomic E-state index is -0.599. The Morgan fingerprint density at radius 3 is 2.53 bits per heavy atom. The zero-order valence-electron chi connectivity index (χ0n) is 16.1. The Hall–Kier alpha value is -4.24. The van der Waals surface area contributed by atoms with Crippen molar-refractivity contribution >= 4 is 29.2 Å². The second-order valence-corrected chi connectivity index (χ2v) is 6.37. The number of ether oxygens (including phenoxy) is 1. The van der Waals surface area contributed by atoms with Gasteiger partial charge < -0.3 is 10.1 Å². The van der Waals surface area contributed by atoms with Crippen LogP contribution in [-0.2, 0) is 4.79 Å². The van der Waals surface area contributed by atoms with Crippen LogP contribution in [0.3, 0.4) is 0 Å². The molecule has 0 aliphatic heterocycles. The van der Waals surface area contributed by atoms with Crippen LogP contribution < -0.4 is 10.1 Å². The lowest BCUT2D eigenvalue weighted by Gasteiger charge is -2.08. The summed E-state index contributed by atoms with van der Waals surface area (Å²) in [5.74, 6) is -1.07. The smallest absolute Gasteiger partial charge is 0.343 e. The second kappa shape index (κ2) is 9.30. The lowest BCUT2D eigenvalue weighted by molar-refractivity contribution is -0.114. The van der Waals surface area contributed by atoms with Gasteiger partial charge in [0.2, 0.25) is 5.91 Å². The van der Waals surface area contributed by atoms with E-state index in [1.54, 1.807) is 54.6 Å². The quantitative estimate of drug-likeness (QED) is 0.281. The number of hydrogen-bond acceptors (Lipinski definition) is 4. The number of carbonyl (C=O) groups excluding carboxylic acids is 2. The topological polar surface area (TPSA) is 79.2 Å².